The van der Waals surface area contributed by atoms with Gasteiger partial charge in [-0.25, -0.2) is 19.0 Å². The molecule has 0 spiro atoms. The summed E-state index contributed by atoms with van der Waals surface area (Å²) in [7, 11) is -2.77. The molecule has 0 fully saturated rings. The van der Waals surface area contributed by atoms with Gasteiger partial charge in [0.05, 0.1) is 34.8 Å². The second-order valence-corrected chi connectivity index (χ2v) is 16.3. The number of carbonyl (C=O) groups is 4. The minimum absolute atomic E-state index is 0.0472. The van der Waals surface area contributed by atoms with Crippen molar-refractivity contribution in [3.63, 3.8) is 0 Å². The van der Waals surface area contributed by atoms with Crippen molar-refractivity contribution in [2.75, 3.05) is 42.3 Å². The Bertz CT molecular complexity index is 2070. The Hall–Kier alpha value is -5.41. The molecule has 17 nitrogen and oxygen atoms in total. The molecule has 0 bridgehead atoms. The Morgan fingerprint density at radius 3 is 2.40 bits per heavy atom. The van der Waals surface area contributed by atoms with Crippen LogP contribution < -0.4 is 27.2 Å². The summed E-state index contributed by atoms with van der Waals surface area (Å²) < 4.78 is 23.0. The van der Waals surface area contributed by atoms with Crippen LogP contribution in [-0.4, -0.2) is 90.2 Å². The van der Waals surface area contributed by atoms with E-state index in [0.29, 0.717) is 17.8 Å². The van der Waals surface area contributed by atoms with Gasteiger partial charge < -0.3 is 31.5 Å². The number of ether oxygens (including phenoxy) is 1. The van der Waals surface area contributed by atoms with Crippen molar-refractivity contribution in [3.05, 3.63) is 52.1 Å². The van der Waals surface area contributed by atoms with Crippen molar-refractivity contribution in [3.8, 4) is 11.8 Å². The van der Waals surface area contributed by atoms with Crippen LogP contribution in [0.5, 0.6) is 0 Å². The van der Waals surface area contributed by atoms with Gasteiger partial charge in [0.15, 0.2) is 11.2 Å². The summed E-state index contributed by atoms with van der Waals surface area (Å²) in [6.07, 6.45) is 1.61. The van der Waals surface area contributed by atoms with Gasteiger partial charge in [-0.1, -0.05) is 11.8 Å². The topological polar surface area (TPSA) is 261 Å². The van der Waals surface area contributed by atoms with Crippen LogP contribution in [0.1, 0.15) is 69.4 Å². The number of nitrogens with one attached hydrogen (secondary N) is 4. The second-order valence-electron chi connectivity index (χ2n) is 13.9. The van der Waals surface area contributed by atoms with Gasteiger partial charge in [-0.3, -0.25) is 24.2 Å². The molecule has 3 amide bonds. The van der Waals surface area contributed by atoms with Crippen LogP contribution in [0.15, 0.2) is 39.6 Å². The number of nitrogens with zero attached hydrogens (tertiary/aromatic N) is 4. The largest absolute Gasteiger partial charge is 0.480 e. The first kappa shape index (κ1) is 40.4. The van der Waals surface area contributed by atoms with E-state index >= 15 is 0 Å². The maximum atomic E-state index is 13.5. The molecule has 7 N–H and O–H groups in total. The Morgan fingerprint density at radius 2 is 1.74 bits per heavy atom. The number of carboxylic acids is 1. The van der Waals surface area contributed by atoms with Gasteiger partial charge in [0.1, 0.15) is 6.04 Å². The van der Waals surface area contributed by atoms with E-state index in [1.165, 1.54) is 18.3 Å². The average molecular weight is 752 g/mol. The Balaban J connectivity index is 1.13. The third-order valence-corrected chi connectivity index (χ3v) is 10.7. The fraction of sp³-hybridized carbons (Fsp3) is 0.486. The minimum Gasteiger partial charge on any atom is -0.480 e. The molecule has 2 aromatic heterocycles. The summed E-state index contributed by atoms with van der Waals surface area (Å²) >= 11 is 0. The van der Waals surface area contributed by atoms with Gasteiger partial charge in [-0.15, -0.1) is 0 Å². The van der Waals surface area contributed by atoms with Crippen molar-refractivity contribution >= 4 is 56.2 Å². The highest BCUT2D eigenvalue weighted by atomic mass is 32.2. The summed E-state index contributed by atoms with van der Waals surface area (Å²) in [5, 5.41) is 17.8. The lowest BCUT2D eigenvalue weighted by atomic mass is 9.92. The zero-order chi connectivity index (χ0) is 38.8. The minimum atomic E-state index is -2.77. The average Bonchev–Trinajstić information content (AvgIpc) is 3.15. The number of carbonyl (C=O) groups excluding carboxylic acids is 3. The van der Waals surface area contributed by atoms with E-state index in [0.717, 1.165) is 0 Å². The van der Waals surface area contributed by atoms with Crippen LogP contribution in [0.2, 0.25) is 0 Å². The van der Waals surface area contributed by atoms with E-state index < -0.39 is 55.9 Å². The highest BCUT2D eigenvalue weighted by Crippen LogP contribution is 2.29. The number of fused-ring (bicyclic) bond motifs is 1. The lowest BCUT2D eigenvalue weighted by molar-refractivity contribution is -0.139. The van der Waals surface area contributed by atoms with Gasteiger partial charge >= 0.3 is 5.97 Å². The van der Waals surface area contributed by atoms with Crippen molar-refractivity contribution in [2.45, 2.75) is 66.0 Å². The van der Waals surface area contributed by atoms with Crippen molar-refractivity contribution in [1.29, 1.82) is 0 Å². The molecule has 0 saturated heterocycles. The maximum Gasteiger partial charge on any atom is 0.326 e. The second kappa shape index (κ2) is 17.4. The van der Waals surface area contributed by atoms with Crippen LogP contribution in [0.4, 0.5) is 11.6 Å². The Morgan fingerprint density at radius 1 is 1.06 bits per heavy atom. The molecule has 4 rings (SSSR count). The third-order valence-electron chi connectivity index (χ3n) is 7.80. The third kappa shape index (κ3) is 12.6. The number of aromatic amines is 1. The monoisotopic (exact) mass is 751 g/mol. The smallest absolute Gasteiger partial charge is 0.326 e. The molecule has 0 aliphatic carbocycles. The number of nitrogens with two attached hydrogens (primary N) is 1. The van der Waals surface area contributed by atoms with Crippen LogP contribution in [0, 0.1) is 22.7 Å². The number of carboxylic acid groups (broad SMARTS) is 1. The van der Waals surface area contributed by atoms with Crippen molar-refractivity contribution < 1.29 is 33.2 Å². The summed E-state index contributed by atoms with van der Waals surface area (Å²) in [5.41, 5.74) is 5.48. The molecule has 18 heteroatoms. The number of hydrogen-bond donors (Lipinski definition) is 6. The number of hydrogen-bond acceptors (Lipinski definition) is 12. The lowest BCUT2D eigenvalue weighted by Crippen LogP contribution is -2.41. The van der Waals surface area contributed by atoms with Crippen molar-refractivity contribution in [1.82, 2.24) is 30.6 Å². The molecule has 1 aliphatic heterocycles. The lowest BCUT2D eigenvalue weighted by Gasteiger charge is -2.21. The first-order valence-corrected chi connectivity index (χ1v) is 18.8. The number of aliphatic carboxylic acids is 1. The van der Waals surface area contributed by atoms with E-state index in [-0.39, 0.29) is 79.7 Å². The van der Waals surface area contributed by atoms with E-state index in [1.54, 1.807) is 12.1 Å². The molecule has 0 saturated carbocycles. The quantitative estimate of drug-likeness (QED) is 0.0903. The summed E-state index contributed by atoms with van der Waals surface area (Å²) in [6.45, 7) is 8.36. The molecule has 0 unspecified atom stereocenters. The van der Waals surface area contributed by atoms with Crippen LogP contribution in [0.3, 0.4) is 0 Å². The number of H-pyrrole nitrogens is 1. The summed E-state index contributed by atoms with van der Waals surface area (Å²) in [6, 6.07) is 4.95. The van der Waals surface area contributed by atoms with Gasteiger partial charge in [0, 0.05) is 59.6 Å². The molecule has 1 atom stereocenters. The fourth-order valence-electron chi connectivity index (χ4n) is 5.43. The number of aromatic nitrogens is 4. The van der Waals surface area contributed by atoms with E-state index in [9.17, 15) is 33.3 Å². The summed E-state index contributed by atoms with van der Waals surface area (Å²) in [4.78, 5) is 76.1. The number of benzene rings is 1. The predicted octanol–water partition coefficient (Wildman–Crippen LogP) is 1.85. The SMILES string of the molecule is CC1(C)C#CC(C)(C)CS(=O)(=NC(=O)CCCOCCNC(=O)CC[C@H](NC(=O)c2ccc(NCc3cnc4nc(N)[nH]c(=O)c4n3)cc2)C(=O)O)C1. The highest BCUT2D eigenvalue weighted by Gasteiger charge is 2.33. The Kier molecular flexibility index (Phi) is 13.3. The maximum absolute atomic E-state index is 13.5. The van der Waals surface area contributed by atoms with Crippen molar-refractivity contribution in [2.24, 2.45) is 15.2 Å². The normalized spacial score (nSPS) is 15.9. The standard InChI is InChI=1S/C35H45N9O8S/c1-34(2)13-14-35(3,4)21-53(51,20-34)44-27(46)6-5-16-52-17-15-37-26(45)12-11-25(32(49)50)41-30(47)22-7-9-23(10-8-22)38-18-24-19-39-29-28(40-24)31(48)43-33(36)42-29/h7-10,19,25,38H,5-6,11-12,15-18,20-21H2,1-4H3,(H,37,45)(H,41,47)(H,49,50)(H3,36,39,42,43,48)/t25-/m0/s1. The van der Waals surface area contributed by atoms with Crippen LogP contribution >= 0.6 is 0 Å². The molecule has 1 aliphatic rings. The first-order valence-electron chi connectivity index (χ1n) is 17.0. The van der Waals surface area contributed by atoms with Crippen LogP contribution in [-0.2, 0) is 35.4 Å². The van der Waals surface area contributed by atoms with Crippen LogP contribution in [0.25, 0.3) is 11.2 Å². The van der Waals surface area contributed by atoms with E-state index in [1.807, 2.05) is 27.7 Å². The molecule has 3 aromatic rings. The van der Waals surface area contributed by atoms with Gasteiger partial charge in [0.2, 0.25) is 11.9 Å². The van der Waals surface area contributed by atoms with E-state index in [2.05, 4.69) is 52.1 Å². The molecule has 0 radical (unpaired) electrons. The van der Waals surface area contributed by atoms with Gasteiger partial charge in [-0.05, 0) is 64.8 Å². The van der Waals surface area contributed by atoms with Gasteiger partial charge in [-0.2, -0.15) is 9.35 Å². The first-order chi connectivity index (χ1) is 24.9. The molecule has 53 heavy (non-hydrogen) atoms. The molecule has 1 aromatic carbocycles. The zero-order valence-corrected chi connectivity index (χ0v) is 30.9. The molecular formula is C35H45N9O8S. The zero-order valence-electron chi connectivity index (χ0n) is 30.1. The number of amides is 3. The number of rotatable bonds is 16. The summed E-state index contributed by atoms with van der Waals surface area (Å²) in [5.74, 6) is 3.95. The molecular weight excluding hydrogens is 707 g/mol. The number of anilines is 2. The molecule has 284 valence electrons. The Labute approximate surface area is 306 Å². The van der Waals surface area contributed by atoms with E-state index in [4.69, 9.17) is 10.5 Å². The fourth-order valence-corrected chi connectivity index (χ4v) is 8.52. The predicted molar refractivity (Wildman–Crippen MR) is 198 cm³/mol. The highest BCUT2D eigenvalue weighted by molar-refractivity contribution is 7.94. The van der Waals surface area contributed by atoms with Gasteiger partial charge in [0.25, 0.3) is 17.4 Å². The number of nitrogen functional groups attached to an aromatic ring is 1. The molecule has 3 heterocycles.